The quantitative estimate of drug-likeness (QED) is 0.440. The Morgan fingerprint density at radius 3 is 2.58 bits per heavy atom. The topological polar surface area (TPSA) is 108 Å². The van der Waals surface area contributed by atoms with Gasteiger partial charge in [-0.2, -0.15) is 13.2 Å². The van der Waals surface area contributed by atoms with E-state index in [-0.39, 0.29) is 17.8 Å². The van der Waals surface area contributed by atoms with Crippen molar-refractivity contribution in [3.63, 3.8) is 0 Å². The number of fused-ring (bicyclic) bond motifs is 1. The zero-order valence-corrected chi connectivity index (χ0v) is 16.6. The van der Waals surface area contributed by atoms with E-state index in [0.717, 1.165) is 0 Å². The number of halogens is 3. The average molecular weight is 450 g/mol. The van der Waals surface area contributed by atoms with E-state index in [4.69, 9.17) is 4.42 Å². The lowest BCUT2D eigenvalue weighted by Gasteiger charge is -2.11. The number of aromatic nitrogens is 4. The lowest BCUT2D eigenvalue weighted by atomic mass is 10.1. The summed E-state index contributed by atoms with van der Waals surface area (Å²) in [7, 11) is -4.10. The molecule has 0 unspecified atom stereocenters. The summed E-state index contributed by atoms with van der Waals surface area (Å²) in [6, 6.07) is 8.20. The van der Waals surface area contributed by atoms with Gasteiger partial charge in [0.15, 0.2) is 12.0 Å². The molecule has 8 nitrogen and oxygen atoms in total. The van der Waals surface area contributed by atoms with Crippen molar-refractivity contribution >= 4 is 20.9 Å². The molecule has 3 heterocycles. The molecule has 0 amide bonds. The predicted octanol–water partition coefficient (Wildman–Crippen LogP) is 2.92. The van der Waals surface area contributed by atoms with E-state index in [1.165, 1.54) is 29.3 Å². The van der Waals surface area contributed by atoms with Gasteiger partial charge >= 0.3 is 6.18 Å². The minimum absolute atomic E-state index is 0.103. The highest BCUT2D eigenvalue weighted by Gasteiger charge is 2.35. The van der Waals surface area contributed by atoms with E-state index < -0.39 is 32.4 Å². The molecule has 1 aromatic carbocycles. The molecule has 3 aromatic heterocycles. The number of hydrogen-bond donors (Lipinski definition) is 0. The number of sulfone groups is 1. The van der Waals surface area contributed by atoms with Gasteiger partial charge in [0.25, 0.3) is 5.56 Å². The number of oxazole rings is 1. The number of rotatable bonds is 4. The molecule has 0 aliphatic rings. The van der Waals surface area contributed by atoms with Crippen LogP contribution in [0.3, 0.4) is 0 Å². The summed E-state index contributed by atoms with van der Waals surface area (Å²) in [5, 5.41) is -0.952. The van der Waals surface area contributed by atoms with Crippen molar-refractivity contribution in [1.82, 2.24) is 19.5 Å². The molecule has 12 heteroatoms. The normalized spacial score (nSPS) is 12.4. The summed E-state index contributed by atoms with van der Waals surface area (Å²) in [6.45, 7) is 0.103. The van der Waals surface area contributed by atoms with Crippen LogP contribution < -0.4 is 5.56 Å². The maximum atomic E-state index is 13.2. The van der Waals surface area contributed by atoms with Gasteiger partial charge in [0.2, 0.25) is 15.0 Å². The Bertz CT molecular complexity index is 1460. The van der Waals surface area contributed by atoms with Gasteiger partial charge in [-0.05, 0) is 29.8 Å². The fraction of sp³-hybridized carbons (Fsp3) is 0.158. The van der Waals surface area contributed by atoms with E-state index in [9.17, 15) is 26.4 Å². The first kappa shape index (κ1) is 20.7. The van der Waals surface area contributed by atoms with Gasteiger partial charge in [0.1, 0.15) is 11.2 Å². The highest BCUT2D eigenvalue weighted by Crippen LogP contribution is 2.30. The molecule has 4 aromatic rings. The molecule has 0 atom stereocenters. The van der Waals surface area contributed by atoms with Crippen LogP contribution in [0, 0.1) is 0 Å². The maximum Gasteiger partial charge on any atom is 0.433 e. The Morgan fingerprint density at radius 1 is 1.10 bits per heavy atom. The van der Waals surface area contributed by atoms with E-state index >= 15 is 0 Å². The molecule has 0 saturated carbocycles. The minimum Gasteiger partial charge on any atom is -0.443 e. The molecule has 160 valence electrons. The zero-order chi connectivity index (χ0) is 22.4. The highest BCUT2D eigenvalue weighted by atomic mass is 32.2. The predicted molar refractivity (Wildman–Crippen MR) is 103 cm³/mol. The molecule has 0 fully saturated rings. The Morgan fingerprint density at radius 2 is 1.87 bits per heavy atom. The van der Waals surface area contributed by atoms with Crippen molar-refractivity contribution in [3.05, 3.63) is 70.6 Å². The molecule has 0 bridgehead atoms. The van der Waals surface area contributed by atoms with Crippen molar-refractivity contribution < 1.29 is 26.0 Å². The number of nitrogens with zero attached hydrogens (tertiary/aromatic N) is 4. The SMILES string of the molecule is CS(=O)(=O)c1nc(-c2ccc(=O)n(Cc3ccc4ocnc4c3)c2)cc(C(F)(F)F)n1. The second-order valence-electron chi connectivity index (χ2n) is 6.73. The Kier molecular flexibility index (Phi) is 4.88. The monoisotopic (exact) mass is 450 g/mol. The van der Waals surface area contributed by atoms with Gasteiger partial charge in [0.05, 0.1) is 12.2 Å². The smallest absolute Gasteiger partial charge is 0.433 e. The number of hydrogen-bond acceptors (Lipinski definition) is 7. The van der Waals surface area contributed by atoms with Gasteiger partial charge in [-0.25, -0.2) is 23.4 Å². The van der Waals surface area contributed by atoms with Crippen LogP contribution in [0.5, 0.6) is 0 Å². The molecule has 0 radical (unpaired) electrons. The van der Waals surface area contributed by atoms with Crippen LogP contribution in [-0.4, -0.2) is 34.2 Å². The van der Waals surface area contributed by atoms with Gasteiger partial charge in [-0.15, -0.1) is 0 Å². The summed E-state index contributed by atoms with van der Waals surface area (Å²) in [4.78, 5) is 23.2. The van der Waals surface area contributed by atoms with Gasteiger partial charge < -0.3 is 8.98 Å². The van der Waals surface area contributed by atoms with Crippen LogP contribution in [-0.2, 0) is 22.6 Å². The minimum atomic E-state index is -4.88. The van der Waals surface area contributed by atoms with Crippen molar-refractivity contribution in [2.75, 3.05) is 6.26 Å². The first-order valence-electron chi connectivity index (χ1n) is 8.70. The average Bonchev–Trinajstić information content (AvgIpc) is 3.16. The maximum absolute atomic E-state index is 13.2. The summed E-state index contributed by atoms with van der Waals surface area (Å²) >= 11 is 0. The summed E-state index contributed by atoms with van der Waals surface area (Å²) in [5.41, 5.74) is -0.0898. The van der Waals surface area contributed by atoms with Crippen LogP contribution in [0.15, 0.2) is 63.4 Å². The van der Waals surface area contributed by atoms with Crippen molar-refractivity contribution in [2.24, 2.45) is 0 Å². The molecule has 0 aliphatic heterocycles. The number of benzene rings is 1. The van der Waals surface area contributed by atoms with Crippen molar-refractivity contribution in [3.8, 4) is 11.3 Å². The van der Waals surface area contributed by atoms with Crippen LogP contribution in [0.2, 0.25) is 0 Å². The van der Waals surface area contributed by atoms with E-state index in [0.29, 0.717) is 29.0 Å². The highest BCUT2D eigenvalue weighted by molar-refractivity contribution is 7.90. The summed E-state index contributed by atoms with van der Waals surface area (Å²) in [5.74, 6) is 0. The van der Waals surface area contributed by atoms with Gasteiger partial charge in [0, 0.05) is 24.1 Å². The molecule has 0 spiro atoms. The Labute approximate surface area is 172 Å². The standard InChI is InChI=1S/C19H13F3N4O4S/c1-31(28,29)18-24-13(7-16(25-18)19(20,21)22)12-3-5-17(27)26(9-12)8-11-2-4-15-14(6-11)23-10-30-15/h2-7,9-10H,8H2,1H3. The lowest BCUT2D eigenvalue weighted by molar-refractivity contribution is -0.141. The fourth-order valence-electron chi connectivity index (χ4n) is 2.89. The third-order valence-electron chi connectivity index (χ3n) is 4.35. The Hall–Kier alpha value is -3.54. The summed E-state index contributed by atoms with van der Waals surface area (Å²) < 4.78 is 69.7. The van der Waals surface area contributed by atoms with Crippen LogP contribution in [0.25, 0.3) is 22.4 Å². The lowest BCUT2D eigenvalue weighted by Crippen LogP contribution is -2.19. The molecule has 4 rings (SSSR count). The Balaban J connectivity index is 1.79. The van der Waals surface area contributed by atoms with E-state index in [2.05, 4.69) is 15.0 Å². The van der Waals surface area contributed by atoms with Gasteiger partial charge in [-0.1, -0.05) is 6.07 Å². The third-order valence-corrected chi connectivity index (χ3v) is 5.20. The van der Waals surface area contributed by atoms with Crippen LogP contribution in [0.1, 0.15) is 11.3 Å². The van der Waals surface area contributed by atoms with E-state index in [1.54, 1.807) is 18.2 Å². The fourth-order valence-corrected chi connectivity index (χ4v) is 3.42. The molecular weight excluding hydrogens is 437 g/mol. The zero-order valence-electron chi connectivity index (χ0n) is 15.8. The molecule has 31 heavy (non-hydrogen) atoms. The molecular formula is C19H13F3N4O4S. The second kappa shape index (κ2) is 7.30. The largest absolute Gasteiger partial charge is 0.443 e. The first-order chi connectivity index (χ1) is 14.5. The van der Waals surface area contributed by atoms with Crippen molar-refractivity contribution in [2.45, 2.75) is 17.9 Å². The van der Waals surface area contributed by atoms with E-state index in [1.807, 2.05) is 0 Å². The number of alkyl halides is 3. The summed E-state index contributed by atoms with van der Waals surface area (Å²) in [6.07, 6.45) is -1.57. The van der Waals surface area contributed by atoms with Crippen molar-refractivity contribution in [1.29, 1.82) is 0 Å². The first-order valence-corrected chi connectivity index (χ1v) is 10.6. The van der Waals surface area contributed by atoms with Gasteiger partial charge in [-0.3, -0.25) is 4.79 Å². The second-order valence-corrected chi connectivity index (χ2v) is 8.64. The van der Waals surface area contributed by atoms with Crippen LogP contribution >= 0.6 is 0 Å². The molecule has 0 aliphatic carbocycles. The van der Waals surface area contributed by atoms with Crippen LogP contribution in [0.4, 0.5) is 13.2 Å². The molecule has 0 N–H and O–H groups in total. The molecule has 0 saturated heterocycles. The number of pyridine rings is 1. The third kappa shape index (κ3) is 4.33.